The predicted octanol–water partition coefficient (Wildman–Crippen LogP) is 2.49. The first-order valence-electron chi connectivity index (χ1n) is 5.40. The van der Waals surface area contributed by atoms with Gasteiger partial charge in [-0.3, -0.25) is 0 Å². The Kier molecular flexibility index (Phi) is 1.68. The van der Waals surface area contributed by atoms with Gasteiger partial charge in [-0.15, -0.1) is 0 Å². The van der Waals surface area contributed by atoms with Crippen molar-refractivity contribution in [1.82, 2.24) is 0 Å². The number of hydrogen-bond donors (Lipinski definition) is 0. The lowest BCUT2D eigenvalue weighted by atomic mass is 10.1. The molecule has 2 aromatic carbocycles. The van der Waals surface area contributed by atoms with Crippen LogP contribution < -0.4 is 10.4 Å². The SMILES string of the molecule is C[Si]1(C)c2ccccc2-c2ccccc21. The zero-order valence-corrected chi connectivity index (χ0v) is 10.1. The lowest BCUT2D eigenvalue weighted by Crippen LogP contribution is -2.49. The van der Waals surface area contributed by atoms with Crippen LogP contribution in [-0.4, -0.2) is 8.07 Å². The van der Waals surface area contributed by atoms with Crippen LogP contribution in [-0.2, 0) is 0 Å². The fourth-order valence-electron chi connectivity index (χ4n) is 2.67. The molecule has 0 nitrogen and oxygen atoms in total. The molecule has 15 heavy (non-hydrogen) atoms. The second kappa shape index (κ2) is 2.83. The topological polar surface area (TPSA) is 0 Å². The van der Waals surface area contributed by atoms with Crippen LogP contribution in [0.15, 0.2) is 48.5 Å². The normalized spacial score (nSPS) is 15.9. The summed E-state index contributed by atoms with van der Waals surface area (Å²) in [5.74, 6) is 0. The van der Waals surface area contributed by atoms with Crippen molar-refractivity contribution in [2.45, 2.75) is 13.1 Å². The van der Waals surface area contributed by atoms with Gasteiger partial charge in [0.2, 0.25) is 0 Å². The molecule has 74 valence electrons. The minimum Gasteiger partial charge on any atom is -0.0623 e. The van der Waals surface area contributed by atoms with Gasteiger partial charge in [0.25, 0.3) is 0 Å². The molecule has 0 unspecified atom stereocenters. The van der Waals surface area contributed by atoms with E-state index in [4.69, 9.17) is 0 Å². The quantitative estimate of drug-likeness (QED) is 0.586. The molecule has 0 bridgehead atoms. The molecule has 0 saturated carbocycles. The Hall–Kier alpha value is -1.34. The van der Waals surface area contributed by atoms with E-state index in [1.807, 2.05) is 0 Å². The van der Waals surface area contributed by atoms with Gasteiger partial charge in [-0.05, 0) is 21.5 Å². The van der Waals surface area contributed by atoms with Crippen LogP contribution in [0.1, 0.15) is 0 Å². The van der Waals surface area contributed by atoms with Crippen molar-refractivity contribution in [2.75, 3.05) is 0 Å². The lowest BCUT2D eigenvalue weighted by molar-refractivity contribution is 1.71. The lowest BCUT2D eigenvalue weighted by Gasteiger charge is -2.18. The summed E-state index contributed by atoms with van der Waals surface area (Å²) in [6.45, 7) is 4.88. The minimum absolute atomic E-state index is 1.38. The van der Waals surface area contributed by atoms with Crippen LogP contribution in [0.25, 0.3) is 11.1 Å². The van der Waals surface area contributed by atoms with E-state index in [0.717, 1.165) is 0 Å². The molecule has 0 atom stereocenters. The van der Waals surface area contributed by atoms with E-state index < -0.39 is 8.07 Å². The van der Waals surface area contributed by atoms with Crippen LogP contribution in [0.3, 0.4) is 0 Å². The van der Waals surface area contributed by atoms with Crippen LogP contribution in [0, 0.1) is 0 Å². The molecular formula is C14H14Si. The molecule has 3 rings (SSSR count). The Morgan fingerprint density at radius 2 is 1.07 bits per heavy atom. The monoisotopic (exact) mass is 210 g/mol. The molecule has 1 aliphatic heterocycles. The Labute approximate surface area is 91.6 Å². The third kappa shape index (κ3) is 1.07. The predicted molar refractivity (Wildman–Crippen MR) is 68.6 cm³/mol. The van der Waals surface area contributed by atoms with Gasteiger partial charge in [0.15, 0.2) is 0 Å². The van der Waals surface area contributed by atoms with E-state index in [0.29, 0.717) is 0 Å². The smallest absolute Gasteiger partial charge is 0.0623 e. The molecule has 0 aliphatic carbocycles. The first-order chi connectivity index (χ1) is 7.21. The molecule has 0 fully saturated rings. The Bertz CT molecular complexity index is 479. The summed E-state index contributed by atoms with van der Waals surface area (Å²) >= 11 is 0. The molecule has 0 amide bonds. The standard InChI is InChI=1S/C14H14Si/c1-15(2)13-9-5-3-7-11(13)12-8-4-6-10-14(12)15/h3-10H,1-2H3. The first-order valence-corrected chi connectivity index (χ1v) is 8.40. The van der Waals surface area contributed by atoms with Crippen molar-refractivity contribution in [1.29, 1.82) is 0 Å². The highest BCUT2D eigenvalue weighted by Gasteiger charge is 2.36. The van der Waals surface area contributed by atoms with E-state index >= 15 is 0 Å². The summed E-state index contributed by atoms with van der Waals surface area (Å²) in [6, 6.07) is 17.8. The molecular weight excluding hydrogens is 196 g/mol. The van der Waals surface area contributed by atoms with Crippen molar-refractivity contribution in [3.05, 3.63) is 48.5 Å². The number of hydrogen-bond acceptors (Lipinski definition) is 0. The molecule has 1 aliphatic rings. The largest absolute Gasteiger partial charge is 0.113 e. The summed E-state index contributed by atoms with van der Waals surface area (Å²) in [4.78, 5) is 0. The zero-order valence-electron chi connectivity index (χ0n) is 9.12. The Balaban J connectivity index is 2.42. The number of fused-ring (bicyclic) bond motifs is 3. The highest BCUT2D eigenvalue weighted by atomic mass is 28.3. The van der Waals surface area contributed by atoms with Gasteiger partial charge >= 0.3 is 0 Å². The number of rotatable bonds is 0. The fraction of sp³-hybridized carbons (Fsp3) is 0.143. The fourth-order valence-corrected chi connectivity index (χ4v) is 5.77. The van der Waals surface area contributed by atoms with Gasteiger partial charge in [0, 0.05) is 0 Å². The highest BCUT2D eigenvalue weighted by molar-refractivity contribution is 7.03. The van der Waals surface area contributed by atoms with Crippen molar-refractivity contribution in [3.8, 4) is 11.1 Å². The first kappa shape index (κ1) is 8.92. The average molecular weight is 210 g/mol. The van der Waals surface area contributed by atoms with Crippen molar-refractivity contribution < 1.29 is 0 Å². The van der Waals surface area contributed by atoms with Crippen molar-refractivity contribution in [3.63, 3.8) is 0 Å². The van der Waals surface area contributed by atoms with E-state index in [9.17, 15) is 0 Å². The third-order valence-corrected chi connectivity index (χ3v) is 7.06. The molecule has 1 heteroatoms. The molecule has 0 saturated heterocycles. The molecule has 0 aromatic heterocycles. The second-order valence-electron chi connectivity index (χ2n) is 4.72. The number of benzene rings is 2. The molecule has 2 aromatic rings. The van der Waals surface area contributed by atoms with Crippen LogP contribution in [0.5, 0.6) is 0 Å². The minimum atomic E-state index is -1.38. The van der Waals surface area contributed by atoms with Crippen LogP contribution in [0.4, 0.5) is 0 Å². The third-order valence-electron chi connectivity index (χ3n) is 3.49. The van der Waals surface area contributed by atoms with E-state index in [-0.39, 0.29) is 0 Å². The average Bonchev–Trinajstić information content (AvgIpc) is 2.51. The van der Waals surface area contributed by atoms with Gasteiger partial charge < -0.3 is 0 Å². The maximum atomic E-state index is 2.44. The molecule has 0 spiro atoms. The van der Waals surface area contributed by atoms with Crippen molar-refractivity contribution in [2.24, 2.45) is 0 Å². The maximum Gasteiger partial charge on any atom is 0.113 e. The summed E-state index contributed by atoms with van der Waals surface area (Å²) in [5, 5.41) is 3.18. The Morgan fingerprint density at radius 3 is 1.53 bits per heavy atom. The van der Waals surface area contributed by atoms with Crippen molar-refractivity contribution >= 4 is 18.4 Å². The summed E-state index contributed by atoms with van der Waals surface area (Å²) in [7, 11) is -1.38. The van der Waals surface area contributed by atoms with E-state index in [1.54, 1.807) is 10.4 Å². The zero-order chi connectivity index (χ0) is 10.5. The summed E-state index contributed by atoms with van der Waals surface area (Å²) in [5.41, 5.74) is 2.93. The Morgan fingerprint density at radius 1 is 0.667 bits per heavy atom. The van der Waals surface area contributed by atoms with Crippen LogP contribution >= 0.6 is 0 Å². The molecule has 0 N–H and O–H groups in total. The molecule has 1 heterocycles. The van der Waals surface area contributed by atoms with Crippen LogP contribution in [0.2, 0.25) is 13.1 Å². The maximum absolute atomic E-state index is 2.44. The van der Waals surface area contributed by atoms with Gasteiger partial charge in [0.05, 0.1) is 0 Å². The summed E-state index contributed by atoms with van der Waals surface area (Å²) < 4.78 is 0. The van der Waals surface area contributed by atoms with Gasteiger partial charge in [-0.1, -0.05) is 61.6 Å². The summed E-state index contributed by atoms with van der Waals surface area (Å²) in [6.07, 6.45) is 0. The second-order valence-corrected chi connectivity index (χ2v) is 9.04. The van der Waals surface area contributed by atoms with Gasteiger partial charge in [0.1, 0.15) is 8.07 Å². The van der Waals surface area contributed by atoms with E-state index in [2.05, 4.69) is 61.6 Å². The van der Waals surface area contributed by atoms with Gasteiger partial charge in [-0.2, -0.15) is 0 Å². The van der Waals surface area contributed by atoms with Gasteiger partial charge in [-0.25, -0.2) is 0 Å². The van der Waals surface area contributed by atoms with E-state index in [1.165, 1.54) is 11.1 Å². The highest BCUT2D eigenvalue weighted by Crippen LogP contribution is 2.27. The molecule has 0 radical (unpaired) electrons.